The summed E-state index contributed by atoms with van der Waals surface area (Å²) < 4.78 is 5.11. The Morgan fingerprint density at radius 1 is 0.818 bits per heavy atom. The molecule has 5 rings (SSSR count). The molecule has 3 aromatic carbocycles. The molecular weight excluding hydrogens is 432 g/mol. The first-order chi connectivity index (χ1) is 16.2. The molecule has 1 aliphatic rings. The van der Waals surface area contributed by atoms with E-state index in [4.69, 9.17) is 4.42 Å². The summed E-state index contributed by atoms with van der Waals surface area (Å²) in [7, 11) is 0. The number of hydrogen-bond acceptors (Lipinski definition) is 4. The molecule has 1 aliphatic heterocycles. The number of thioether (sulfide) groups is 1. The molecule has 0 fully saturated rings. The van der Waals surface area contributed by atoms with E-state index in [1.54, 1.807) is 12.1 Å². The number of aryl methyl sites for hydroxylation is 2. The van der Waals surface area contributed by atoms with Crippen LogP contribution in [0.1, 0.15) is 21.7 Å². The number of nitrogens with one attached hydrogen (secondary N) is 1. The van der Waals surface area contributed by atoms with Crippen molar-refractivity contribution in [2.24, 2.45) is 0 Å². The molecule has 0 saturated carbocycles. The molecule has 6 heteroatoms. The van der Waals surface area contributed by atoms with Crippen molar-refractivity contribution < 1.29 is 14.0 Å². The van der Waals surface area contributed by atoms with Gasteiger partial charge in [-0.25, -0.2) is 0 Å². The zero-order chi connectivity index (χ0) is 22.6. The molecule has 2 amide bonds. The van der Waals surface area contributed by atoms with E-state index in [-0.39, 0.29) is 17.6 Å². The van der Waals surface area contributed by atoms with Crippen LogP contribution in [0.15, 0.2) is 101 Å². The number of anilines is 3. The fraction of sp³-hybridized carbons (Fsp3) is 0.111. The van der Waals surface area contributed by atoms with E-state index < -0.39 is 0 Å². The van der Waals surface area contributed by atoms with E-state index >= 15 is 0 Å². The number of carbonyl (C=O) groups excluding carboxylic acids is 2. The number of nitrogens with zero attached hydrogens (tertiary/aromatic N) is 1. The molecule has 1 N–H and O–H groups in total. The molecule has 1 aromatic heterocycles. The van der Waals surface area contributed by atoms with Gasteiger partial charge in [0.1, 0.15) is 0 Å². The van der Waals surface area contributed by atoms with Gasteiger partial charge in [-0.1, -0.05) is 36.4 Å². The monoisotopic (exact) mass is 454 g/mol. The second kappa shape index (κ2) is 9.38. The van der Waals surface area contributed by atoms with Gasteiger partial charge < -0.3 is 9.73 Å². The minimum absolute atomic E-state index is 0.0389. The van der Waals surface area contributed by atoms with Gasteiger partial charge in [-0.15, -0.1) is 11.8 Å². The third-order valence-electron chi connectivity index (χ3n) is 5.60. The highest BCUT2D eigenvalue weighted by Crippen LogP contribution is 2.36. The fourth-order valence-electron chi connectivity index (χ4n) is 3.99. The van der Waals surface area contributed by atoms with Crippen LogP contribution in [-0.4, -0.2) is 17.6 Å². The molecule has 0 radical (unpaired) electrons. The van der Waals surface area contributed by atoms with E-state index in [1.807, 2.05) is 65.6 Å². The zero-order valence-corrected chi connectivity index (χ0v) is 18.7. The highest BCUT2D eigenvalue weighted by molar-refractivity contribution is 8.00. The molecule has 0 unspecified atom stereocenters. The predicted octanol–water partition coefficient (Wildman–Crippen LogP) is 6.09. The Balaban J connectivity index is 1.30. The summed E-state index contributed by atoms with van der Waals surface area (Å²) in [5.41, 5.74) is 4.96. The molecule has 4 aromatic rings. The van der Waals surface area contributed by atoms with Crippen molar-refractivity contribution >= 4 is 40.6 Å². The maximum Gasteiger partial charge on any atom is 0.291 e. The smallest absolute Gasteiger partial charge is 0.291 e. The van der Waals surface area contributed by atoms with E-state index in [0.29, 0.717) is 11.4 Å². The Bertz CT molecular complexity index is 1240. The summed E-state index contributed by atoms with van der Waals surface area (Å²) in [6.45, 7) is 0. The number of fused-ring (bicyclic) bond motifs is 2. The third-order valence-corrected chi connectivity index (χ3v) is 6.59. The summed E-state index contributed by atoms with van der Waals surface area (Å²) >= 11 is 1.48. The molecule has 2 heterocycles. The van der Waals surface area contributed by atoms with Crippen LogP contribution in [0.25, 0.3) is 0 Å². The Hall–Kier alpha value is -3.77. The minimum atomic E-state index is -0.297. The van der Waals surface area contributed by atoms with Gasteiger partial charge in [-0.2, -0.15) is 0 Å². The summed E-state index contributed by atoms with van der Waals surface area (Å²) in [4.78, 5) is 28.4. The van der Waals surface area contributed by atoms with E-state index in [0.717, 1.165) is 29.1 Å². The van der Waals surface area contributed by atoms with Crippen molar-refractivity contribution in [3.63, 3.8) is 0 Å². The highest BCUT2D eigenvalue weighted by Gasteiger charge is 2.25. The normalized spacial score (nSPS) is 12.4. The van der Waals surface area contributed by atoms with Gasteiger partial charge in [-0.05, 0) is 72.5 Å². The highest BCUT2D eigenvalue weighted by atomic mass is 32.2. The lowest BCUT2D eigenvalue weighted by Gasteiger charge is -2.25. The van der Waals surface area contributed by atoms with Gasteiger partial charge in [0.25, 0.3) is 5.91 Å². The first kappa shape index (κ1) is 21.1. The Morgan fingerprint density at radius 3 is 2.06 bits per heavy atom. The van der Waals surface area contributed by atoms with Crippen molar-refractivity contribution in [3.05, 3.63) is 108 Å². The standard InChI is InChI=1S/C27H22N2O3S/c30-26(18-33-22-15-13-21(14-16-22)28-27(31)25-10-5-17-32-25)29-23-8-3-1-6-19(23)11-12-20-7-2-4-9-24(20)29/h1-10,13-17H,11-12,18H2,(H,28,31). The first-order valence-corrected chi connectivity index (χ1v) is 11.7. The molecule has 0 saturated heterocycles. The average molecular weight is 455 g/mol. The number of furan rings is 1. The predicted molar refractivity (Wildman–Crippen MR) is 131 cm³/mol. The molecular formula is C27H22N2O3S. The molecule has 164 valence electrons. The second-order valence-corrected chi connectivity index (χ2v) is 8.78. The Kier molecular flexibility index (Phi) is 6.00. The SMILES string of the molecule is O=C(Nc1ccc(SCC(=O)N2c3ccccc3CCc3ccccc32)cc1)c1ccco1. The topological polar surface area (TPSA) is 62.6 Å². The van der Waals surface area contributed by atoms with Crippen LogP contribution in [0.3, 0.4) is 0 Å². The van der Waals surface area contributed by atoms with Gasteiger partial charge in [0, 0.05) is 10.6 Å². The van der Waals surface area contributed by atoms with Crippen molar-refractivity contribution in [1.29, 1.82) is 0 Å². The van der Waals surface area contributed by atoms with Crippen LogP contribution in [0.4, 0.5) is 17.1 Å². The third kappa shape index (κ3) is 4.56. The van der Waals surface area contributed by atoms with Gasteiger partial charge in [0.05, 0.1) is 23.4 Å². The van der Waals surface area contributed by atoms with Crippen LogP contribution >= 0.6 is 11.8 Å². The van der Waals surface area contributed by atoms with Crippen molar-refractivity contribution in [2.75, 3.05) is 16.0 Å². The summed E-state index contributed by atoms with van der Waals surface area (Å²) in [6, 6.07) is 27.0. The Morgan fingerprint density at radius 2 is 1.45 bits per heavy atom. The van der Waals surface area contributed by atoms with Crippen LogP contribution in [0, 0.1) is 0 Å². The van der Waals surface area contributed by atoms with E-state index in [2.05, 4.69) is 17.4 Å². The molecule has 0 bridgehead atoms. The van der Waals surface area contributed by atoms with Gasteiger partial charge in [0.15, 0.2) is 5.76 Å². The number of rotatable bonds is 5. The van der Waals surface area contributed by atoms with Crippen LogP contribution in [-0.2, 0) is 17.6 Å². The molecule has 0 aliphatic carbocycles. The summed E-state index contributed by atoms with van der Waals surface area (Å²) in [5, 5.41) is 2.80. The van der Waals surface area contributed by atoms with E-state index in [1.165, 1.54) is 29.2 Å². The summed E-state index contributed by atoms with van der Waals surface area (Å²) in [5.74, 6) is 0.309. The number of amides is 2. The van der Waals surface area contributed by atoms with Crippen molar-refractivity contribution in [2.45, 2.75) is 17.7 Å². The number of benzene rings is 3. The maximum absolute atomic E-state index is 13.4. The van der Waals surface area contributed by atoms with Crippen molar-refractivity contribution in [3.8, 4) is 0 Å². The summed E-state index contributed by atoms with van der Waals surface area (Å²) in [6.07, 6.45) is 3.29. The number of hydrogen-bond donors (Lipinski definition) is 1. The lowest BCUT2D eigenvalue weighted by atomic mass is 10.0. The largest absolute Gasteiger partial charge is 0.459 e. The number of carbonyl (C=O) groups is 2. The minimum Gasteiger partial charge on any atom is -0.459 e. The first-order valence-electron chi connectivity index (χ1n) is 10.8. The molecule has 33 heavy (non-hydrogen) atoms. The number of para-hydroxylation sites is 2. The maximum atomic E-state index is 13.4. The van der Waals surface area contributed by atoms with Crippen LogP contribution < -0.4 is 10.2 Å². The lowest BCUT2D eigenvalue weighted by molar-refractivity contribution is -0.115. The average Bonchev–Trinajstić information content (AvgIpc) is 3.33. The van der Waals surface area contributed by atoms with Gasteiger partial charge >= 0.3 is 0 Å². The van der Waals surface area contributed by atoms with Crippen molar-refractivity contribution in [1.82, 2.24) is 0 Å². The van der Waals surface area contributed by atoms with Gasteiger partial charge in [-0.3, -0.25) is 14.5 Å². The lowest BCUT2D eigenvalue weighted by Crippen LogP contribution is -2.28. The zero-order valence-electron chi connectivity index (χ0n) is 17.9. The Labute approximate surface area is 196 Å². The van der Waals surface area contributed by atoms with Crippen LogP contribution in [0.2, 0.25) is 0 Å². The molecule has 0 atom stereocenters. The molecule has 5 nitrogen and oxygen atoms in total. The van der Waals surface area contributed by atoms with Crippen LogP contribution in [0.5, 0.6) is 0 Å². The fourth-order valence-corrected chi connectivity index (χ4v) is 4.74. The van der Waals surface area contributed by atoms with E-state index in [9.17, 15) is 9.59 Å². The van der Waals surface area contributed by atoms with Gasteiger partial charge in [0.2, 0.25) is 5.91 Å². The quantitative estimate of drug-likeness (QED) is 0.371. The second-order valence-electron chi connectivity index (χ2n) is 7.73. The molecule has 0 spiro atoms.